The summed E-state index contributed by atoms with van der Waals surface area (Å²) in [6, 6.07) is 11.0. The summed E-state index contributed by atoms with van der Waals surface area (Å²) in [6.07, 6.45) is -3.74. The van der Waals surface area contributed by atoms with Gasteiger partial charge in [-0.05, 0) is 61.0 Å². The second-order valence-corrected chi connectivity index (χ2v) is 8.02. The van der Waals surface area contributed by atoms with E-state index in [9.17, 15) is 35.1 Å². The highest BCUT2D eigenvalue weighted by molar-refractivity contribution is 5.65. The molecule has 0 atom stereocenters. The maximum absolute atomic E-state index is 14.5. The first-order chi connectivity index (χ1) is 17.5. The highest BCUT2D eigenvalue weighted by Crippen LogP contribution is 2.34. The van der Waals surface area contributed by atoms with Crippen molar-refractivity contribution in [2.75, 3.05) is 0 Å². The number of benzene rings is 4. The summed E-state index contributed by atoms with van der Waals surface area (Å²) in [5.41, 5.74) is -0.872. The third-order valence-corrected chi connectivity index (χ3v) is 5.38. The quantitative estimate of drug-likeness (QED) is 0.179. The minimum absolute atomic E-state index is 0.183. The van der Waals surface area contributed by atoms with Crippen molar-refractivity contribution >= 4 is 0 Å². The van der Waals surface area contributed by atoms with Crippen LogP contribution in [0.25, 0.3) is 11.1 Å². The molecule has 192 valence electrons. The number of hydrogen-bond acceptors (Lipinski definition) is 2. The van der Waals surface area contributed by atoms with Crippen molar-refractivity contribution in [3.8, 4) is 22.6 Å². The predicted molar refractivity (Wildman–Crippen MR) is 118 cm³/mol. The maximum atomic E-state index is 14.5. The molecule has 0 aromatic heterocycles. The molecule has 4 rings (SSSR count). The number of ether oxygens (including phenoxy) is 2. The second kappa shape index (κ2) is 10.1. The van der Waals surface area contributed by atoms with Crippen LogP contribution >= 0.6 is 0 Å². The Morgan fingerprint density at radius 3 is 1.95 bits per heavy atom. The molecule has 0 N–H and O–H groups in total. The van der Waals surface area contributed by atoms with E-state index < -0.39 is 75.8 Å². The van der Waals surface area contributed by atoms with Gasteiger partial charge in [0, 0.05) is 17.2 Å². The molecule has 0 unspecified atom stereocenters. The molecule has 0 aliphatic heterocycles. The fourth-order valence-corrected chi connectivity index (χ4v) is 3.40. The molecule has 2 nitrogen and oxygen atoms in total. The molecule has 0 fully saturated rings. The van der Waals surface area contributed by atoms with E-state index in [0.717, 1.165) is 29.8 Å². The van der Waals surface area contributed by atoms with E-state index in [0.29, 0.717) is 18.2 Å². The van der Waals surface area contributed by atoms with E-state index in [1.54, 1.807) is 6.92 Å². The molecule has 4 aromatic carbocycles. The summed E-state index contributed by atoms with van der Waals surface area (Å²) in [6.45, 7) is 1.11. The molecule has 0 saturated heterocycles. The van der Waals surface area contributed by atoms with Crippen molar-refractivity contribution in [1.29, 1.82) is 0 Å². The lowest BCUT2D eigenvalue weighted by atomic mass is 10.0. The normalized spacial score (nSPS) is 11.5. The zero-order valence-electron chi connectivity index (χ0n) is 18.9. The van der Waals surface area contributed by atoms with Crippen molar-refractivity contribution in [1.82, 2.24) is 0 Å². The van der Waals surface area contributed by atoms with E-state index >= 15 is 0 Å². The average Bonchev–Trinajstić information content (AvgIpc) is 2.84. The van der Waals surface area contributed by atoms with Gasteiger partial charge in [0.05, 0.1) is 5.56 Å². The Labute approximate surface area is 205 Å². The number of rotatable bonds is 7. The lowest BCUT2D eigenvalue weighted by Crippen LogP contribution is -2.22. The molecular weight excluding hydrogens is 508 g/mol. The Bertz CT molecular complexity index is 1430. The SMILES string of the molecule is Cc1ccc(C(F)(F)Oc2ccc(COc3ccc(-c4cc(F)c(F)c(F)c4)c(F)c3F)c(F)c2)cc1. The third kappa shape index (κ3) is 5.52. The van der Waals surface area contributed by atoms with E-state index in [1.807, 2.05) is 0 Å². The van der Waals surface area contributed by atoms with Crippen molar-refractivity contribution in [3.63, 3.8) is 0 Å². The zero-order valence-corrected chi connectivity index (χ0v) is 18.9. The van der Waals surface area contributed by atoms with Crippen molar-refractivity contribution in [2.45, 2.75) is 19.6 Å². The van der Waals surface area contributed by atoms with Crippen LogP contribution in [0.1, 0.15) is 16.7 Å². The van der Waals surface area contributed by atoms with Gasteiger partial charge in [-0.25, -0.2) is 22.0 Å². The van der Waals surface area contributed by atoms with Crippen LogP contribution in [0.4, 0.5) is 35.1 Å². The molecule has 0 spiro atoms. The first-order valence-electron chi connectivity index (χ1n) is 10.6. The number of hydrogen-bond donors (Lipinski definition) is 0. The van der Waals surface area contributed by atoms with Gasteiger partial charge in [-0.2, -0.15) is 13.2 Å². The monoisotopic (exact) mass is 524 g/mol. The summed E-state index contributed by atoms with van der Waals surface area (Å²) in [4.78, 5) is 0. The second-order valence-electron chi connectivity index (χ2n) is 8.02. The molecule has 0 bridgehead atoms. The predicted octanol–water partition coefficient (Wildman–Crippen LogP) is 8.20. The Balaban J connectivity index is 1.48. The molecule has 0 aliphatic carbocycles. The smallest absolute Gasteiger partial charge is 0.426 e. The summed E-state index contributed by atoms with van der Waals surface area (Å²) < 4.78 is 122. The molecule has 0 heterocycles. The fourth-order valence-electron chi connectivity index (χ4n) is 3.40. The Morgan fingerprint density at radius 1 is 0.676 bits per heavy atom. The van der Waals surface area contributed by atoms with E-state index in [-0.39, 0.29) is 5.56 Å². The van der Waals surface area contributed by atoms with Gasteiger partial charge in [-0.1, -0.05) is 17.7 Å². The molecule has 0 aliphatic rings. The van der Waals surface area contributed by atoms with Gasteiger partial charge in [0.1, 0.15) is 18.2 Å². The van der Waals surface area contributed by atoms with Gasteiger partial charge < -0.3 is 9.47 Å². The molecule has 0 saturated carbocycles. The first kappa shape index (κ1) is 26.0. The van der Waals surface area contributed by atoms with Crippen LogP contribution in [0.2, 0.25) is 0 Å². The Morgan fingerprint density at radius 2 is 1.32 bits per heavy atom. The van der Waals surface area contributed by atoms with Gasteiger partial charge in [0.25, 0.3) is 0 Å². The summed E-state index contributed by atoms with van der Waals surface area (Å²) in [5, 5.41) is 0. The van der Waals surface area contributed by atoms with Gasteiger partial charge in [0.15, 0.2) is 29.0 Å². The number of alkyl halides is 2. The van der Waals surface area contributed by atoms with Crippen LogP contribution in [-0.4, -0.2) is 0 Å². The largest absolute Gasteiger partial charge is 0.486 e. The average molecular weight is 524 g/mol. The minimum atomic E-state index is -3.74. The highest BCUT2D eigenvalue weighted by atomic mass is 19.3. The van der Waals surface area contributed by atoms with Crippen LogP contribution in [0.5, 0.6) is 11.5 Å². The Hall–Kier alpha value is -4.08. The highest BCUT2D eigenvalue weighted by Gasteiger charge is 2.34. The minimum Gasteiger partial charge on any atom is -0.486 e. The van der Waals surface area contributed by atoms with E-state index in [1.165, 1.54) is 24.3 Å². The lowest BCUT2D eigenvalue weighted by Gasteiger charge is -2.19. The molecule has 37 heavy (non-hydrogen) atoms. The van der Waals surface area contributed by atoms with Gasteiger partial charge >= 0.3 is 6.11 Å². The number of aryl methyl sites for hydroxylation is 1. The summed E-state index contributed by atoms with van der Waals surface area (Å²) in [5.74, 6) is -10.2. The van der Waals surface area contributed by atoms with Crippen molar-refractivity contribution in [3.05, 3.63) is 118 Å². The fraction of sp³-hybridized carbons (Fsp3) is 0.111. The zero-order chi connectivity index (χ0) is 26.9. The van der Waals surface area contributed by atoms with E-state index in [4.69, 9.17) is 4.74 Å². The molecule has 4 aromatic rings. The summed E-state index contributed by atoms with van der Waals surface area (Å²) >= 11 is 0. The van der Waals surface area contributed by atoms with Gasteiger partial charge in [0.2, 0.25) is 5.82 Å². The summed E-state index contributed by atoms with van der Waals surface area (Å²) in [7, 11) is 0. The lowest BCUT2D eigenvalue weighted by molar-refractivity contribution is -0.185. The van der Waals surface area contributed by atoms with Gasteiger partial charge in [-0.15, -0.1) is 0 Å². The van der Waals surface area contributed by atoms with Crippen LogP contribution < -0.4 is 9.47 Å². The topological polar surface area (TPSA) is 18.5 Å². The third-order valence-electron chi connectivity index (χ3n) is 5.38. The van der Waals surface area contributed by atoms with E-state index in [2.05, 4.69) is 4.74 Å². The number of halogens is 8. The maximum Gasteiger partial charge on any atom is 0.426 e. The van der Waals surface area contributed by atoms with Crippen molar-refractivity contribution in [2.24, 2.45) is 0 Å². The van der Waals surface area contributed by atoms with Gasteiger partial charge in [-0.3, -0.25) is 0 Å². The molecule has 0 radical (unpaired) electrons. The molecule has 10 heteroatoms. The van der Waals surface area contributed by atoms with Crippen molar-refractivity contribution < 1.29 is 44.6 Å². The molecule has 0 amide bonds. The van der Waals surface area contributed by atoms with Crippen LogP contribution in [-0.2, 0) is 12.7 Å². The molecular formula is C27H16F8O2. The van der Waals surface area contributed by atoms with Crippen LogP contribution in [0, 0.1) is 41.8 Å². The van der Waals surface area contributed by atoms with Crippen LogP contribution in [0.15, 0.2) is 66.7 Å². The van der Waals surface area contributed by atoms with Crippen LogP contribution in [0.3, 0.4) is 0 Å². The standard InChI is InChI=1S/C27H16F8O2/c1-14-2-5-17(6-3-14)27(34,35)37-18-7-4-15(20(28)12-18)13-36-23-9-8-19(24(31)26(23)33)16-10-21(29)25(32)22(30)11-16/h2-12H,13H2,1H3. The first-order valence-corrected chi connectivity index (χ1v) is 10.6. The Kier molecular flexibility index (Phi) is 7.11.